The third kappa shape index (κ3) is 4.47. The first-order valence-electron chi connectivity index (χ1n) is 7.70. The minimum absolute atomic E-state index is 0. The van der Waals surface area contributed by atoms with Gasteiger partial charge in [-0.3, -0.25) is 9.59 Å². The zero-order valence-corrected chi connectivity index (χ0v) is 15.3. The molecule has 0 fully saturated rings. The number of benzene rings is 2. The summed E-state index contributed by atoms with van der Waals surface area (Å²) in [6, 6.07) is 17.0. The predicted molar refractivity (Wildman–Crippen MR) is 103 cm³/mol. The summed E-state index contributed by atoms with van der Waals surface area (Å²) in [5, 5.41) is 20.5. The van der Waals surface area contributed by atoms with E-state index < -0.39 is 0 Å². The van der Waals surface area contributed by atoms with E-state index in [1.807, 2.05) is 12.1 Å². The first kappa shape index (κ1) is 20.0. The van der Waals surface area contributed by atoms with E-state index in [1.54, 1.807) is 48.5 Å². The lowest BCUT2D eigenvalue weighted by Crippen LogP contribution is -1.87. The summed E-state index contributed by atoms with van der Waals surface area (Å²) >= 11 is 0. The zero-order chi connectivity index (χ0) is 18.5. The molecule has 4 rings (SSSR count). The van der Waals surface area contributed by atoms with Crippen LogP contribution in [0.4, 0.5) is 0 Å². The van der Waals surface area contributed by atoms with Crippen LogP contribution in [0.5, 0.6) is 11.5 Å². The first-order valence-corrected chi connectivity index (χ1v) is 7.70. The molecular weight excluding hydrogens is 359 g/mol. The maximum absolute atomic E-state index is 10.4. The third-order valence-electron chi connectivity index (χ3n) is 3.68. The maximum Gasteiger partial charge on any atom is 0.168 e. The molecule has 6 nitrogen and oxygen atoms in total. The van der Waals surface area contributed by atoms with Crippen molar-refractivity contribution in [2.75, 3.05) is 0 Å². The molecule has 131 valence electrons. The van der Waals surface area contributed by atoms with Gasteiger partial charge in [-0.05, 0) is 24.3 Å². The highest BCUT2D eigenvalue weighted by Crippen LogP contribution is 2.22. The van der Waals surface area contributed by atoms with Crippen molar-refractivity contribution < 1.29 is 19.8 Å². The summed E-state index contributed by atoms with van der Waals surface area (Å²) in [5.41, 5.74) is 1.59. The number of rotatable bonds is 2. The normalized spacial score (nSPS) is 9.78. The Morgan fingerprint density at radius 1 is 0.630 bits per heavy atom. The van der Waals surface area contributed by atoms with Gasteiger partial charge in [-0.1, -0.05) is 36.4 Å². The van der Waals surface area contributed by atoms with Gasteiger partial charge >= 0.3 is 0 Å². The highest BCUT2D eigenvalue weighted by Gasteiger charge is 2.01. The van der Waals surface area contributed by atoms with Gasteiger partial charge in [0.2, 0.25) is 0 Å². The Kier molecular flexibility index (Phi) is 6.61. The molecule has 0 aliphatic rings. The Morgan fingerprint density at radius 3 is 1.41 bits per heavy atom. The molecule has 27 heavy (non-hydrogen) atoms. The number of hydrogen-bond donors (Lipinski definition) is 2. The minimum Gasteiger partial charge on any atom is -0.506 e. The van der Waals surface area contributed by atoms with Gasteiger partial charge in [0.05, 0.1) is 0 Å². The fourth-order valence-corrected chi connectivity index (χ4v) is 2.42. The summed E-state index contributed by atoms with van der Waals surface area (Å²) in [6.45, 7) is 0. The van der Waals surface area contributed by atoms with Gasteiger partial charge in [0.25, 0.3) is 0 Å². The number of aromatic nitrogens is 2. The molecule has 2 N–H and O–H groups in total. The summed E-state index contributed by atoms with van der Waals surface area (Å²) in [5.74, 6) is 0.197. The van der Waals surface area contributed by atoms with Crippen LogP contribution in [0.1, 0.15) is 21.0 Å². The molecule has 0 saturated heterocycles. The lowest BCUT2D eigenvalue weighted by Gasteiger charge is -1.99. The molecule has 0 unspecified atom stereocenters. The van der Waals surface area contributed by atoms with Crippen molar-refractivity contribution in [3.8, 4) is 11.5 Å². The lowest BCUT2D eigenvalue weighted by atomic mass is 10.2. The predicted octanol–water partition coefficient (Wildman–Crippen LogP) is 3.13. The lowest BCUT2D eigenvalue weighted by molar-refractivity contribution is 0.111. The highest BCUT2D eigenvalue weighted by atomic mass is 27.0. The van der Waals surface area contributed by atoms with Crippen molar-refractivity contribution in [1.82, 2.24) is 9.97 Å². The number of carbonyl (C=O) groups excluding carboxylic acids is 2. The number of nitrogens with zero attached hydrogens (tertiary/aromatic N) is 2. The van der Waals surface area contributed by atoms with Crippen molar-refractivity contribution >= 4 is 51.7 Å². The highest BCUT2D eigenvalue weighted by molar-refractivity contribution is 5.88. The number of phenolic OH excluding ortho intramolecular Hbond substituents is 2. The van der Waals surface area contributed by atoms with E-state index in [4.69, 9.17) is 0 Å². The topological polar surface area (TPSA) is 100 Å². The number of pyridine rings is 2. The van der Waals surface area contributed by atoms with Crippen LogP contribution in [-0.2, 0) is 0 Å². The first-order chi connectivity index (χ1) is 12.6. The Labute approximate surface area is 165 Å². The fourth-order valence-electron chi connectivity index (χ4n) is 2.42. The Morgan fingerprint density at radius 2 is 1.04 bits per heavy atom. The molecule has 0 aliphatic carbocycles. The van der Waals surface area contributed by atoms with Gasteiger partial charge in [-0.25, -0.2) is 9.97 Å². The van der Waals surface area contributed by atoms with Gasteiger partial charge in [0.15, 0.2) is 12.6 Å². The average Bonchev–Trinajstić information content (AvgIpc) is 2.69. The van der Waals surface area contributed by atoms with Gasteiger partial charge in [-0.2, -0.15) is 0 Å². The van der Waals surface area contributed by atoms with E-state index in [2.05, 4.69) is 9.97 Å². The Hall–Kier alpha value is -3.27. The van der Waals surface area contributed by atoms with E-state index in [-0.39, 0.29) is 28.9 Å². The largest absolute Gasteiger partial charge is 0.506 e. The molecule has 3 radical (unpaired) electrons. The second-order valence-corrected chi connectivity index (χ2v) is 5.41. The van der Waals surface area contributed by atoms with E-state index in [0.717, 1.165) is 10.8 Å². The van der Waals surface area contributed by atoms with Gasteiger partial charge in [0.1, 0.15) is 33.9 Å². The number of hydrogen-bond acceptors (Lipinski definition) is 6. The van der Waals surface area contributed by atoms with Crippen LogP contribution in [0, 0.1) is 0 Å². The average molecular weight is 373 g/mol. The van der Waals surface area contributed by atoms with Crippen molar-refractivity contribution in [3.63, 3.8) is 0 Å². The van der Waals surface area contributed by atoms with Crippen LogP contribution in [0.25, 0.3) is 21.8 Å². The van der Waals surface area contributed by atoms with Crippen LogP contribution in [0.3, 0.4) is 0 Å². The third-order valence-corrected chi connectivity index (χ3v) is 3.68. The molecule has 0 bridgehead atoms. The van der Waals surface area contributed by atoms with Gasteiger partial charge in [-0.15, -0.1) is 0 Å². The quantitative estimate of drug-likeness (QED) is 0.414. The van der Waals surface area contributed by atoms with Crippen LogP contribution in [-0.4, -0.2) is 50.1 Å². The molecule has 0 amide bonds. The molecule has 2 aromatic carbocycles. The number of aromatic hydroxyl groups is 2. The number of para-hydroxylation sites is 2. The second kappa shape index (κ2) is 8.90. The Bertz CT molecular complexity index is 1030. The monoisotopic (exact) mass is 373 g/mol. The SMILES string of the molecule is O=Cc1ccc2cccc(O)c2n1.O=Cc1ccc2cccc(O)c2n1.[Al]. The number of fused-ring (bicyclic) bond motifs is 2. The molecule has 0 spiro atoms. The molecule has 0 saturated carbocycles. The molecule has 7 heteroatoms. The molecule has 2 aromatic heterocycles. The molecular formula is C20H14AlN2O4. The number of phenols is 2. The maximum atomic E-state index is 10.4. The van der Waals surface area contributed by atoms with Crippen LogP contribution in [0.2, 0.25) is 0 Å². The van der Waals surface area contributed by atoms with E-state index in [9.17, 15) is 19.8 Å². The van der Waals surface area contributed by atoms with Crippen LogP contribution >= 0.6 is 0 Å². The summed E-state index contributed by atoms with van der Waals surface area (Å²) < 4.78 is 0. The van der Waals surface area contributed by atoms with E-state index in [0.29, 0.717) is 35.0 Å². The molecule has 0 atom stereocenters. The van der Waals surface area contributed by atoms with E-state index in [1.165, 1.54) is 0 Å². The second-order valence-electron chi connectivity index (χ2n) is 5.41. The summed E-state index contributed by atoms with van der Waals surface area (Å²) in [4.78, 5) is 28.8. The number of carbonyl (C=O) groups is 2. The van der Waals surface area contributed by atoms with Crippen molar-refractivity contribution in [3.05, 3.63) is 72.1 Å². The minimum atomic E-state index is 0. The van der Waals surface area contributed by atoms with E-state index >= 15 is 0 Å². The van der Waals surface area contributed by atoms with Gasteiger partial charge in [0, 0.05) is 28.1 Å². The standard InChI is InChI=1S/2C10H7NO2.Al/c2*12-6-8-5-4-7-2-1-3-9(13)10(7)11-8;/h2*1-6,13H;. The van der Waals surface area contributed by atoms with Crippen molar-refractivity contribution in [2.24, 2.45) is 0 Å². The molecule has 4 aromatic rings. The van der Waals surface area contributed by atoms with Crippen LogP contribution in [0.15, 0.2) is 60.7 Å². The summed E-state index contributed by atoms with van der Waals surface area (Å²) in [7, 11) is 0. The molecule has 2 heterocycles. The Balaban J connectivity index is 0.000000187. The van der Waals surface area contributed by atoms with Crippen molar-refractivity contribution in [2.45, 2.75) is 0 Å². The van der Waals surface area contributed by atoms with Gasteiger partial charge < -0.3 is 10.2 Å². The fraction of sp³-hybridized carbons (Fsp3) is 0. The number of aldehydes is 2. The zero-order valence-electron chi connectivity index (χ0n) is 14.1. The van der Waals surface area contributed by atoms with Crippen LogP contribution < -0.4 is 0 Å². The summed E-state index contributed by atoms with van der Waals surface area (Å²) in [6.07, 6.45) is 1.32. The van der Waals surface area contributed by atoms with Crippen molar-refractivity contribution in [1.29, 1.82) is 0 Å². The smallest absolute Gasteiger partial charge is 0.168 e. The molecule has 0 aliphatic heterocycles.